The van der Waals surface area contributed by atoms with Crippen molar-refractivity contribution >= 4 is 0 Å². The molecule has 0 heterocycles. The Morgan fingerprint density at radius 1 is 1.25 bits per heavy atom. The first-order valence-electron chi connectivity index (χ1n) is 6.37. The van der Waals surface area contributed by atoms with Crippen LogP contribution in [0, 0.1) is 12.3 Å². The van der Waals surface area contributed by atoms with Crippen LogP contribution in [0.4, 0.5) is 0 Å². The molecule has 0 bridgehead atoms. The van der Waals surface area contributed by atoms with Gasteiger partial charge in [-0.2, -0.15) is 0 Å². The fraction of sp³-hybridized carbons (Fsp3) is 0.600. The van der Waals surface area contributed by atoms with E-state index in [1.54, 1.807) is 0 Å². The Bertz CT molecular complexity index is 337. The third-order valence-corrected chi connectivity index (χ3v) is 3.93. The second kappa shape index (κ2) is 4.58. The first-order valence-corrected chi connectivity index (χ1v) is 6.37. The molecule has 1 aromatic rings. The molecule has 0 amide bonds. The molecule has 1 aliphatic rings. The molecule has 1 N–H and O–H groups in total. The topological polar surface area (TPSA) is 12.0 Å². The van der Waals surface area contributed by atoms with Crippen LogP contribution in [0.3, 0.4) is 0 Å². The van der Waals surface area contributed by atoms with Gasteiger partial charge in [0.1, 0.15) is 0 Å². The van der Waals surface area contributed by atoms with E-state index < -0.39 is 0 Å². The number of nitrogens with one attached hydrogen (secondary N) is 1. The summed E-state index contributed by atoms with van der Waals surface area (Å²) in [5.41, 5.74) is 3.21. The summed E-state index contributed by atoms with van der Waals surface area (Å²) in [5.74, 6) is 0. The van der Waals surface area contributed by atoms with Crippen molar-refractivity contribution < 1.29 is 0 Å². The molecule has 1 nitrogen and oxygen atoms in total. The molecule has 1 unspecified atom stereocenters. The lowest BCUT2D eigenvalue weighted by Gasteiger charge is -2.28. The molecule has 0 aliphatic heterocycles. The zero-order chi connectivity index (χ0) is 11.6. The van der Waals surface area contributed by atoms with Gasteiger partial charge < -0.3 is 5.32 Å². The minimum atomic E-state index is 0.477. The van der Waals surface area contributed by atoms with Crippen molar-refractivity contribution in [2.75, 3.05) is 0 Å². The molecule has 0 saturated heterocycles. The predicted octanol–water partition coefficient (Wildman–Crippen LogP) is 3.66. The van der Waals surface area contributed by atoms with Gasteiger partial charge in [0.05, 0.1) is 0 Å². The number of benzene rings is 1. The summed E-state index contributed by atoms with van der Waals surface area (Å²) in [6.45, 7) is 7.91. The molecule has 16 heavy (non-hydrogen) atoms. The molecule has 1 atom stereocenters. The van der Waals surface area contributed by atoms with Gasteiger partial charge in [-0.3, -0.25) is 0 Å². The lowest BCUT2D eigenvalue weighted by molar-refractivity contribution is 0.282. The lowest BCUT2D eigenvalue weighted by Crippen LogP contribution is -2.37. The molecule has 0 spiro atoms. The SMILES string of the molecule is Cc1ccc(CNC2CCCC2(C)C)cc1. The standard InChI is InChI=1S/C15H23N/c1-12-6-8-13(9-7-12)11-16-14-5-4-10-15(14,2)3/h6-9,14,16H,4-5,10-11H2,1-3H3. The van der Waals surface area contributed by atoms with Crippen LogP contribution in [-0.4, -0.2) is 6.04 Å². The van der Waals surface area contributed by atoms with E-state index >= 15 is 0 Å². The smallest absolute Gasteiger partial charge is 0.0208 e. The van der Waals surface area contributed by atoms with E-state index in [0.29, 0.717) is 11.5 Å². The van der Waals surface area contributed by atoms with Gasteiger partial charge in [0.25, 0.3) is 0 Å². The van der Waals surface area contributed by atoms with Crippen molar-refractivity contribution in [3.63, 3.8) is 0 Å². The van der Waals surface area contributed by atoms with E-state index in [0.717, 1.165) is 6.54 Å². The Balaban J connectivity index is 1.90. The fourth-order valence-electron chi connectivity index (χ4n) is 2.65. The van der Waals surface area contributed by atoms with E-state index in [1.165, 1.54) is 30.4 Å². The Morgan fingerprint density at radius 2 is 1.94 bits per heavy atom. The van der Waals surface area contributed by atoms with Gasteiger partial charge in [0.2, 0.25) is 0 Å². The Kier molecular flexibility index (Phi) is 3.34. The van der Waals surface area contributed by atoms with Crippen LogP contribution in [0.15, 0.2) is 24.3 Å². The molecule has 0 aromatic heterocycles. The quantitative estimate of drug-likeness (QED) is 0.814. The summed E-state index contributed by atoms with van der Waals surface area (Å²) >= 11 is 0. The molecule has 1 fully saturated rings. The maximum atomic E-state index is 3.71. The minimum Gasteiger partial charge on any atom is -0.309 e. The average Bonchev–Trinajstić information content (AvgIpc) is 2.57. The summed E-state index contributed by atoms with van der Waals surface area (Å²) in [6, 6.07) is 9.52. The average molecular weight is 217 g/mol. The van der Waals surface area contributed by atoms with Crippen LogP contribution in [0.25, 0.3) is 0 Å². The minimum absolute atomic E-state index is 0.477. The second-order valence-electron chi connectivity index (χ2n) is 5.80. The van der Waals surface area contributed by atoms with Gasteiger partial charge in [-0.05, 0) is 30.7 Å². The van der Waals surface area contributed by atoms with Crippen LogP contribution in [-0.2, 0) is 6.54 Å². The maximum absolute atomic E-state index is 3.71. The molecular formula is C15H23N. The van der Waals surface area contributed by atoms with Gasteiger partial charge in [-0.15, -0.1) is 0 Å². The highest BCUT2D eigenvalue weighted by molar-refractivity contribution is 5.21. The molecule has 1 aliphatic carbocycles. The molecule has 0 radical (unpaired) electrons. The van der Waals surface area contributed by atoms with Crippen molar-refractivity contribution in [2.45, 2.75) is 52.6 Å². The van der Waals surface area contributed by atoms with E-state index in [9.17, 15) is 0 Å². The van der Waals surface area contributed by atoms with Gasteiger partial charge in [0, 0.05) is 12.6 Å². The first-order chi connectivity index (χ1) is 7.58. The zero-order valence-corrected chi connectivity index (χ0v) is 10.7. The Labute approximate surface area is 99.3 Å². The lowest BCUT2D eigenvalue weighted by atomic mass is 9.87. The molecule has 1 aromatic carbocycles. The number of hydrogen-bond acceptors (Lipinski definition) is 1. The molecular weight excluding hydrogens is 194 g/mol. The van der Waals surface area contributed by atoms with Crippen LogP contribution in [0.2, 0.25) is 0 Å². The number of hydrogen-bond donors (Lipinski definition) is 1. The first kappa shape index (κ1) is 11.7. The zero-order valence-electron chi connectivity index (χ0n) is 10.7. The van der Waals surface area contributed by atoms with E-state index in [-0.39, 0.29) is 0 Å². The fourth-order valence-corrected chi connectivity index (χ4v) is 2.65. The summed E-state index contributed by atoms with van der Waals surface area (Å²) in [6.07, 6.45) is 4.07. The monoisotopic (exact) mass is 217 g/mol. The highest BCUT2D eigenvalue weighted by Gasteiger charge is 2.33. The van der Waals surface area contributed by atoms with Gasteiger partial charge >= 0.3 is 0 Å². The summed E-state index contributed by atoms with van der Waals surface area (Å²) < 4.78 is 0. The van der Waals surface area contributed by atoms with E-state index in [4.69, 9.17) is 0 Å². The van der Waals surface area contributed by atoms with Gasteiger partial charge in [-0.25, -0.2) is 0 Å². The summed E-state index contributed by atoms with van der Waals surface area (Å²) in [4.78, 5) is 0. The molecule has 2 rings (SSSR count). The highest BCUT2D eigenvalue weighted by Crippen LogP contribution is 2.37. The number of aryl methyl sites for hydroxylation is 1. The summed E-state index contributed by atoms with van der Waals surface area (Å²) in [5, 5.41) is 3.71. The Morgan fingerprint density at radius 3 is 2.50 bits per heavy atom. The van der Waals surface area contributed by atoms with Crippen molar-refractivity contribution in [3.8, 4) is 0 Å². The summed E-state index contributed by atoms with van der Waals surface area (Å²) in [7, 11) is 0. The van der Waals surface area contributed by atoms with Crippen molar-refractivity contribution in [1.82, 2.24) is 5.32 Å². The normalized spacial score (nSPS) is 23.6. The highest BCUT2D eigenvalue weighted by atomic mass is 14.9. The van der Waals surface area contributed by atoms with Crippen molar-refractivity contribution in [1.29, 1.82) is 0 Å². The van der Waals surface area contributed by atoms with Crippen LogP contribution < -0.4 is 5.32 Å². The number of rotatable bonds is 3. The van der Waals surface area contributed by atoms with Crippen LogP contribution in [0.1, 0.15) is 44.2 Å². The maximum Gasteiger partial charge on any atom is 0.0208 e. The van der Waals surface area contributed by atoms with Crippen molar-refractivity contribution in [3.05, 3.63) is 35.4 Å². The van der Waals surface area contributed by atoms with Crippen LogP contribution >= 0.6 is 0 Å². The van der Waals surface area contributed by atoms with Gasteiger partial charge in [0.15, 0.2) is 0 Å². The molecule has 1 heteroatoms. The second-order valence-corrected chi connectivity index (χ2v) is 5.80. The van der Waals surface area contributed by atoms with E-state index in [1.807, 2.05) is 0 Å². The largest absolute Gasteiger partial charge is 0.309 e. The molecule has 88 valence electrons. The van der Waals surface area contributed by atoms with Crippen molar-refractivity contribution in [2.24, 2.45) is 5.41 Å². The predicted molar refractivity (Wildman–Crippen MR) is 69.4 cm³/mol. The third kappa shape index (κ3) is 2.65. The van der Waals surface area contributed by atoms with E-state index in [2.05, 4.69) is 50.4 Å². The third-order valence-electron chi connectivity index (χ3n) is 3.93. The molecule has 1 saturated carbocycles. The Hall–Kier alpha value is -0.820. The van der Waals surface area contributed by atoms with Crippen LogP contribution in [0.5, 0.6) is 0 Å². The van der Waals surface area contributed by atoms with Gasteiger partial charge in [-0.1, -0.05) is 50.1 Å².